The minimum Gasteiger partial charge on any atom is -0.398 e. The molecular formula is C16H24N2O. The van der Waals surface area contributed by atoms with Crippen LogP contribution >= 0.6 is 0 Å². The van der Waals surface area contributed by atoms with Crippen LogP contribution in [0, 0.1) is 0 Å². The highest BCUT2D eigenvalue weighted by atomic mass is 16.1. The van der Waals surface area contributed by atoms with E-state index in [0.717, 1.165) is 61.0 Å². The van der Waals surface area contributed by atoms with E-state index < -0.39 is 0 Å². The summed E-state index contributed by atoms with van der Waals surface area (Å²) in [6, 6.07) is 2.12. The third-order valence-electron chi connectivity index (χ3n) is 3.31. The second kappa shape index (κ2) is 7.75. The topological polar surface area (TPSA) is 55.5 Å². The molecule has 104 valence electrons. The van der Waals surface area contributed by atoms with Gasteiger partial charge < -0.3 is 5.73 Å². The Labute approximate surface area is 115 Å². The maximum absolute atomic E-state index is 10.7. The molecule has 0 fully saturated rings. The monoisotopic (exact) mass is 260 g/mol. The molecule has 0 heterocycles. The first-order chi connectivity index (χ1) is 9.19. The molecule has 2 N–H and O–H groups in total. The molecule has 0 amide bonds. The fourth-order valence-electron chi connectivity index (χ4n) is 2.50. The van der Waals surface area contributed by atoms with Crippen molar-refractivity contribution in [1.29, 1.82) is 0 Å². The van der Waals surface area contributed by atoms with Crippen molar-refractivity contribution in [2.24, 2.45) is 4.99 Å². The number of nitrogens with two attached hydrogens (primary N) is 1. The first-order valence-corrected chi connectivity index (χ1v) is 7.20. The van der Waals surface area contributed by atoms with Crippen LogP contribution in [0.4, 0.5) is 11.4 Å². The zero-order chi connectivity index (χ0) is 14.3. The molecule has 1 rings (SSSR count). The molecule has 19 heavy (non-hydrogen) atoms. The third-order valence-corrected chi connectivity index (χ3v) is 3.31. The van der Waals surface area contributed by atoms with Gasteiger partial charge in [0.05, 0.1) is 5.69 Å². The highest BCUT2D eigenvalue weighted by molar-refractivity contribution is 5.71. The Hall–Kier alpha value is -1.60. The molecule has 3 nitrogen and oxygen atoms in total. The molecule has 0 unspecified atom stereocenters. The second-order valence-corrected chi connectivity index (χ2v) is 4.89. The molecule has 0 aromatic heterocycles. The molecule has 0 radical (unpaired) electrons. The van der Waals surface area contributed by atoms with E-state index in [-0.39, 0.29) is 0 Å². The van der Waals surface area contributed by atoms with Gasteiger partial charge in [0.25, 0.3) is 0 Å². The van der Waals surface area contributed by atoms with Crippen LogP contribution in [0.1, 0.15) is 56.7 Å². The fourth-order valence-corrected chi connectivity index (χ4v) is 2.50. The largest absolute Gasteiger partial charge is 0.398 e. The standard InChI is InChI=1S/C16H24N2O/c1-4-7-12-10-13(8-5-2)16(18-11-19)14(9-6-3)15(12)17/h10H,4-9,17H2,1-3H3. The summed E-state index contributed by atoms with van der Waals surface area (Å²) in [5, 5.41) is 0. The van der Waals surface area contributed by atoms with E-state index in [4.69, 9.17) is 5.73 Å². The van der Waals surface area contributed by atoms with Crippen LogP contribution < -0.4 is 5.73 Å². The average Bonchev–Trinajstić information content (AvgIpc) is 2.39. The summed E-state index contributed by atoms with van der Waals surface area (Å²) in [5.41, 5.74) is 11.2. The highest BCUT2D eigenvalue weighted by Gasteiger charge is 2.14. The third kappa shape index (κ3) is 3.68. The molecule has 0 bridgehead atoms. The summed E-state index contributed by atoms with van der Waals surface area (Å²) < 4.78 is 0. The predicted octanol–water partition coefficient (Wildman–Crippen LogP) is 4.09. The van der Waals surface area contributed by atoms with Gasteiger partial charge in [0, 0.05) is 11.3 Å². The minimum atomic E-state index is 0.760. The van der Waals surface area contributed by atoms with Crippen molar-refractivity contribution in [3.63, 3.8) is 0 Å². The van der Waals surface area contributed by atoms with Crippen LogP contribution in [0.15, 0.2) is 11.1 Å². The van der Waals surface area contributed by atoms with Gasteiger partial charge in [0.15, 0.2) is 0 Å². The lowest BCUT2D eigenvalue weighted by Gasteiger charge is -2.16. The van der Waals surface area contributed by atoms with Crippen molar-refractivity contribution < 1.29 is 4.79 Å². The van der Waals surface area contributed by atoms with E-state index in [0.29, 0.717) is 0 Å². The molecular weight excluding hydrogens is 236 g/mol. The van der Waals surface area contributed by atoms with Gasteiger partial charge in [0.1, 0.15) is 0 Å². The maximum Gasteiger partial charge on any atom is 0.240 e. The summed E-state index contributed by atoms with van der Waals surface area (Å²) in [6.45, 7) is 6.39. The van der Waals surface area contributed by atoms with E-state index in [9.17, 15) is 4.79 Å². The van der Waals surface area contributed by atoms with Crippen LogP contribution in [0.3, 0.4) is 0 Å². The van der Waals surface area contributed by atoms with Gasteiger partial charge in [-0.3, -0.25) is 0 Å². The number of aryl methyl sites for hydroxylation is 2. The predicted molar refractivity (Wildman–Crippen MR) is 80.6 cm³/mol. The molecule has 0 spiro atoms. The van der Waals surface area contributed by atoms with E-state index >= 15 is 0 Å². The summed E-state index contributed by atoms with van der Waals surface area (Å²) in [5.74, 6) is 0. The molecule has 1 aromatic carbocycles. The Kier molecular flexibility index (Phi) is 6.31. The SMILES string of the molecule is CCCc1cc(CCC)c(N=C=O)c(CCC)c1N. The van der Waals surface area contributed by atoms with Crippen molar-refractivity contribution >= 4 is 17.5 Å². The van der Waals surface area contributed by atoms with Crippen LogP contribution in [0.5, 0.6) is 0 Å². The van der Waals surface area contributed by atoms with Crippen molar-refractivity contribution in [3.8, 4) is 0 Å². The molecule has 3 heteroatoms. The van der Waals surface area contributed by atoms with Crippen molar-refractivity contribution in [2.45, 2.75) is 59.3 Å². The first-order valence-electron chi connectivity index (χ1n) is 7.20. The molecule has 0 aliphatic rings. The summed E-state index contributed by atoms with van der Waals surface area (Å²) in [7, 11) is 0. The molecule has 0 aliphatic heterocycles. The number of aliphatic imine (C=N–C) groups is 1. The van der Waals surface area contributed by atoms with E-state index in [2.05, 4.69) is 31.8 Å². The van der Waals surface area contributed by atoms with Gasteiger partial charge in [-0.15, -0.1) is 0 Å². The van der Waals surface area contributed by atoms with Gasteiger partial charge in [-0.1, -0.05) is 46.1 Å². The lowest BCUT2D eigenvalue weighted by Crippen LogP contribution is -2.03. The van der Waals surface area contributed by atoms with Crippen LogP contribution in [-0.4, -0.2) is 6.08 Å². The summed E-state index contributed by atoms with van der Waals surface area (Å²) in [6.07, 6.45) is 7.53. The molecule has 0 aliphatic carbocycles. The number of isocyanates is 1. The van der Waals surface area contributed by atoms with E-state index in [1.54, 1.807) is 6.08 Å². The van der Waals surface area contributed by atoms with Crippen molar-refractivity contribution in [1.82, 2.24) is 0 Å². The Morgan fingerprint density at radius 1 is 1.05 bits per heavy atom. The molecule has 1 aromatic rings. The Balaban J connectivity index is 3.46. The number of anilines is 1. The lowest BCUT2D eigenvalue weighted by atomic mass is 9.93. The lowest BCUT2D eigenvalue weighted by molar-refractivity contribution is 0.565. The minimum absolute atomic E-state index is 0.760. The number of benzene rings is 1. The normalized spacial score (nSPS) is 10.3. The maximum atomic E-state index is 10.7. The van der Waals surface area contributed by atoms with Crippen LogP contribution in [0.25, 0.3) is 0 Å². The number of nitrogens with zero attached hydrogens (tertiary/aromatic N) is 1. The quantitative estimate of drug-likeness (QED) is 0.456. The Morgan fingerprint density at radius 3 is 2.16 bits per heavy atom. The summed E-state index contributed by atoms with van der Waals surface area (Å²) in [4.78, 5) is 14.6. The number of carbonyl (C=O) groups excluding carboxylic acids is 1. The zero-order valence-corrected chi connectivity index (χ0v) is 12.3. The van der Waals surface area contributed by atoms with Gasteiger partial charge >= 0.3 is 0 Å². The van der Waals surface area contributed by atoms with Crippen molar-refractivity contribution in [3.05, 3.63) is 22.8 Å². The Bertz CT molecular complexity index is 474. The van der Waals surface area contributed by atoms with Gasteiger partial charge in [-0.05, 0) is 30.4 Å². The molecule has 0 saturated heterocycles. The molecule has 0 atom stereocenters. The highest BCUT2D eigenvalue weighted by Crippen LogP contribution is 2.34. The van der Waals surface area contributed by atoms with Gasteiger partial charge in [0.2, 0.25) is 6.08 Å². The zero-order valence-electron chi connectivity index (χ0n) is 12.3. The van der Waals surface area contributed by atoms with Crippen molar-refractivity contribution in [2.75, 3.05) is 5.73 Å². The number of rotatable bonds is 7. The number of hydrogen-bond donors (Lipinski definition) is 1. The summed E-state index contributed by atoms with van der Waals surface area (Å²) >= 11 is 0. The second-order valence-electron chi connectivity index (χ2n) is 4.89. The van der Waals surface area contributed by atoms with Crippen LogP contribution in [0.2, 0.25) is 0 Å². The van der Waals surface area contributed by atoms with Crippen LogP contribution in [-0.2, 0) is 24.1 Å². The first kappa shape index (κ1) is 15.5. The number of nitrogen functional groups attached to an aromatic ring is 1. The van der Waals surface area contributed by atoms with E-state index in [1.807, 2.05) is 0 Å². The number of hydrogen-bond acceptors (Lipinski definition) is 3. The smallest absolute Gasteiger partial charge is 0.240 e. The molecule has 0 saturated carbocycles. The van der Waals surface area contributed by atoms with Gasteiger partial charge in [-0.25, -0.2) is 4.79 Å². The average molecular weight is 260 g/mol. The van der Waals surface area contributed by atoms with E-state index in [1.165, 1.54) is 5.56 Å². The Morgan fingerprint density at radius 2 is 1.63 bits per heavy atom. The fraction of sp³-hybridized carbons (Fsp3) is 0.562. The van der Waals surface area contributed by atoms with Gasteiger partial charge in [-0.2, -0.15) is 4.99 Å².